The van der Waals surface area contributed by atoms with Gasteiger partial charge in [-0.2, -0.15) is 0 Å². The summed E-state index contributed by atoms with van der Waals surface area (Å²) in [7, 11) is 0. The molecule has 1 amide bonds. The fraction of sp³-hybridized carbons (Fsp3) is 0.500. The van der Waals surface area contributed by atoms with Crippen LogP contribution in [-0.4, -0.2) is 55.9 Å². The van der Waals surface area contributed by atoms with Crippen molar-refractivity contribution in [3.05, 3.63) is 48.0 Å². The summed E-state index contributed by atoms with van der Waals surface area (Å²) in [6.07, 6.45) is 1.09. The SMILES string of the molecule is CC(=O)NC(C)c1ccc(OC2CCN(c3cccc(N4CCOCC4C)n3)C2)cc1. The number of hydrogen-bond acceptors (Lipinski definition) is 6. The molecule has 2 aromatic rings. The number of nitrogens with zero attached hydrogens (tertiary/aromatic N) is 3. The lowest BCUT2D eigenvalue weighted by molar-refractivity contribution is -0.119. The van der Waals surface area contributed by atoms with Crippen molar-refractivity contribution in [2.24, 2.45) is 0 Å². The summed E-state index contributed by atoms with van der Waals surface area (Å²) in [4.78, 5) is 20.8. The van der Waals surface area contributed by atoms with Crippen LogP contribution in [0.4, 0.5) is 11.6 Å². The van der Waals surface area contributed by atoms with E-state index in [0.29, 0.717) is 6.04 Å². The Morgan fingerprint density at radius 1 is 1.19 bits per heavy atom. The average Bonchev–Trinajstić information content (AvgIpc) is 3.23. The van der Waals surface area contributed by atoms with Gasteiger partial charge in [0.1, 0.15) is 23.5 Å². The van der Waals surface area contributed by atoms with Crippen molar-refractivity contribution in [2.75, 3.05) is 42.6 Å². The number of morpholine rings is 1. The van der Waals surface area contributed by atoms with E-state index in [4.69, 9.17) is 14.5 Å². The molecule has 4 rings (SSSR count). The van der Waals surface area contributed by atoms with Crippen LogP contribution in [0.3, 0.4) is 0 Å². The number of ether oxygens (including phenoxy) is 2. The molecule has 0 radical (unpaired) electrons. The topological polar surface area (TPSA) is 66.9 Å². The largest absolute Gasteiger partial charge is 0.489 e. The third-order valence-corrected chi connectivity index (χ3v) is 5.95. The second-order valence-electron chi connectivity index (χ2n) is 8.44. The summed E-state index contributed by atoms with van der Waals surface area (Å²) in [5.41, 5.74) is 1.06. The minimum Gasteiger partial charge on any atom is -0.489 e. The Labute approximate surface area is 184 Å². The Kier molecular flexibility index (Phi) is 6.61. The molecule has 2 aliphatic heterocycles. The molecule has 2 fully saturated rings. The molecule has 3 heterocycles. The van der Waals surface area contributed by atoms with Gasteiger partial charge in [-0.3, -0.25) is 4.79 Å². The van der Waals surface area contributed by atoms with Crippen molar-refractivity contribution in [1.82, 2.24) is 10.3 Å². The number of amides is 1. The first-order valence-electron chi connectivity index (χ1n) is 11.1. The lowest BCUT2D eigenvalue weighted by Crippen LogP contribution is -2.44. The molecule has 0 spiro atoms. The van der Waals surface area contributed by atoms with Crippen molar-refractivity contribution in [1.29, 1.82) is 0 Å². The molecule has 3 unspecified atom stereocenters. The standard InChI is InChI=1S/C24H32N4O3/c1-17-16-30-14-13-28(17)24-6-4-5-23(26-24)27-12-11-22(15-27)31-21-9-7-20(8-10-21)18(2)25-19(3)29/h4-10,17-18,22H,11-16H2,1-3H3,(H,25,29). The smallest absolute Gasteiger partial charge is 0.217 e. The van der Waals surface area contributed by atoms with Crippen LogP contribution in [0, 0.1) is 0 Å². The molecular formula is C24H32N4O3. The molecule has 2 aliphatic rings. The molecule has 7 heteroatoms. The van der Waals surface area contributed by atoms with Gasteiger partial charge in [0.25, 0.3) is 0 Å². The minimum absolute atomic E-state index is 0.0129. The van der Waals surface area contributed by atoms with E-state index < -0.39 is 0 Å². The number of anilines is 2. The summed E-state index contributed by atoms with van der Waals surface area (Å²) in [6, 6.07) is 14.6. The van der Waals surface area contributed by atoms with Gasteiger partial charge in [-0.1, -0.05) is 18.2 Å². The zero-order valence-corrected chi connectivity index (χ0v) is 18.6. The quantitative estimate of drug-likeness (QED) is 0.768. The van der Waals surface area contributed by atoms with E-state index in [-0.39, 0.29) is 18.1 Å². The van der Waals surface area contributed by atoms with E-state index in [2.05, 4.69) is 40.2 Å². The molecule has 0 bridgehead atoms. The number of hydrogen-bond donors (Lipinski definition) is 1. The van der Waals surface area contributed by atoms with Gasteiger partial charge in [-0.05, 0) is 43.7 Å². The van der Waals surface area contributed by atoms with E-state index in [9.17, 15) is 4.79 Å². The predicted octanol–water partition coefficient (Wildman–Crippen LogP) is 3.16. The lowest BCUT2D eigenvalue weighted by Gasteiger charge is -2.34. The highest BCUT2D eigenvalue weighted by Crippen LogP contribution is 2.26. The van der Waals surface area contributed by atoms with Crippen LogP contribution in [0.5, 0.6) is 5.75 Å². The van der Waals surface area contributed by atoms with Gasteiger partial charge < -0.3 is 24.6 Å². The second-order valence-corrected chi connectivity index (χ2v) is 8.44. The minimum atomic E-state index is -0.0281. The summed E-state index contributed by atoms with van der Waals surface area (Å²) >= 11 is 0. The zero-order valence-electron chi connectivity index (χ0n) is 18.6. The summed E-state index contributed by atoms with van der Waals surface area (Å²) in [5, 5.41) is 2.90. The Morgan fingerprint density at radius 3 is 2.71 bits per heavy atom. The van der Waals surface area contributed by atoms with Crippen LogP contribution >= 0.6 is 0 Å². The molecule has 31 heavy (non-hydrogen) atoms. The average molecular weight is 425 g/mol. The molecule has 7 nitrogen and oxygen atoms in total. The molecule has 0 aliphatic carbocycles. The van der Waals surface area contributed by atoms with Crippen LogP contribution in [0.2, 0.25) is 0 Å². The summed E-state index contributed by atoms with van der Waals surface area (Å²) in [6.45, 7) is 9.80. The molecule has 166 valence electrons. The number of rotatable bonds is 6. The van der Waals surface area contributed by atoms with Gasteiger partial charge in [0.05, 0.1) is 31.8 Å². The van der Waals surface area contributed by atoms with E-state index in [1.165, 1.54) is 6.92 Å². The molecule has 2 saturated heterocycles. The third kappa shape index (κ3) is 5.28. The second kappa shape index (κ2) is 9.56. The molecule has 1 aromatic carbocycles. The highest BCUT2D eigenvalue weighted by Gasteiger charge is 2.26. The normalized spacial score (nSPS) is 22.3. The number of nitrogens with one attached hydrogen (secondary N) is 1. The van der Waals surface area contributed by atoms with E-state index in [1.54, 1.807) is 0 Å². The maximum Gasteiger partial charge on any atom is 0.217 e. The van der Waals surface area contributed by atoms with Crippen LogP contribution < -0.4 is 19.9 Å². The van der Waals surface area contributed by atoms with E-state index >= 15 is 0 Å². The fourth-order valence-electron chi connectivity index (χ4n) is 4.26. The Morgan fingerprint density at radius 2 is 1.97 bits per heavy atom. The van der Waals surface area contributed by atoms with E-state index in [0.717, 1.165) is 62.2 Å². The van der Waals surface area contributed by atoms with Crippen molar-refractivity contribution in [3.63, 3.8) is 0 Å². The van der Waals surface area contributed by atoms with E-state index in [1.807, 2.05) is 31.2 Å². The first kappa shape index (κ1) is 21.4. The van der Waals surface area contributed by atoms with Crippen LogP contribution in [0.15, 0.2) is 42.5 Å². The van der Waals surface area contributed by atoms with Gasteiger partial charge in [-0.15, -0.1) is 0 Å². The third-order valence-electron chi connectivity index (χ3n) is 5.95. The Balaban J connectivity index is 1.35. The van der Waals surface area contributed by atoms with Gasteiger partial charge in [0.15, 0.2) is 0 Å². The number of benzene rings is 1. The molecular weight excluding hydrogens is 392 g/mol. The maximum absolute atomic E-state index is 11.2. The number of pyridine rings is 1. The molecule has 0 saturated carbocycles. The van der Waals surface area contributed by atoms with Gasteiger partial charge in [-0.25, -0.2) is 4.98 Å². The van der Waals surface area contributed by atoms with Crippen molar-refractivity contribution < 1.29 is 14.3 Å². The Bertz CT molecular complexity index is 889. The number of carbonyl (C=O) groups is 1. The monoisotopic (exact) mass is 424 g/mol. The molecule has 1 aromatic heterocycles. The lowest BCUT2D eigenvalue weighted by atomic mass is 10.1. The van der Waals surface area contributed by atoms with Gasteiger partial charge >= 0.3 is 0 Å². The van der Waals surface area contributed by atoms with Crippen LogP contribution in [0.25, 0.3) is 0 Å². The predicted molar refractivity (Wildman–Crippen MR) is 122 cm³/mol. The Hall–Kier alpha value is -2.80. The van der Waals surface area contributed by atoms with Crippen molar-refractivity contribution in [2.45, 2.75) is 45.4 Å². The maximum atomic E-state index is 11.2. The van der Waals surface area contributed by atoms with Crippen LogP contribution in [-0.2, 0) is 9.53 Å². The first-order chi connectivity index (χ1) is 15.0. The number of aromatic nitrogens is 1. The summed E-state index contributed by atoms with van der Waals surface area (Å²) in [5.74, 6) is 2.84. The van der Waals surface area contributed by atoms with Crippen LogP contribution in [0.1, 0.15) is 38.8 Å². The summed E-state index contributed by atoms with van der Waals surface area (Å²) < 4.78 is 11.8. The first-order valence-corrected chi connectivity index (χ1v) is 11.1. The fourth-order valence-corrected chi connectivity index (χ4v) is 4.26. The van der Waals surface area contributed by atoms with Crippen molar-refractivity contribution >= 4 is 17.5 Å². The highest BCUT2D eigenvalue weighted by molar-refractivity contribution is 5.73. The zero-order chi connectivity index (χ0) is 21.8. The van der Waals surface area contributed by atoms with Gasteiger partial charge in [0.2, 0.25) is 5.91 Å². The van der Waals surface area contributed by atoms with Gasteiger partial charge in [0, 0.05) is 26.4 Å². The number of carbonyl (C=O) groups excluding carboxylic acids is 1. The molecule has 1 N–H and O–H groups in total. The highest BCUT2D eigenvalue weighted by atomic mass is 16.5. The van der Waals surface area contributed by atoms with Crippen molar-refractivity contribution in [3.8, 4) is 5.75 Å². The molecule has 3 atom stereocenters.